The Morgan fingerprint density at radius 1 is 1.33 bits per heavy atom. The van der Waals surface area contributed by atoms with Crippen LogP contribution in [0.25, 0.3) is 0 Å². The fourth-order valence-electron chi connectivity index (χ4n) is 1.90. The lowest BCUT2D eigenvalue weighted by Gasteiger charge is -2.28. The van der Waals surface area contributed by atoms with Gasteiger partial charge in [-0.25, -0.2) is 4.79 Å². The predicted molar refractivity (Wildman–Crippen MR) is 73.6 cm³/mol. The molecule has 18 heavy (non-hydrogen) atoms. The molecule has 0 aromatic heterocycles. The first-order valence-corrected chi connectivity index (χ1v) is 7.00. The van der Waals surface area contributed by atoms with Gasteiger partial charge in [-0.3, -0.25) is 0 Å². The Balaban J connectivity index is 4.21. The Bertz CT molecular complexity index is 233. The molecule has 0 aliphatic rings. The fraction of sp³-hybridized carbons (Fsp3) is 0.929. The quantitative estimate of drug-likeness (QED) is 0.612. The molecule has 0 bridgehead atoms. The zero-order valence-electron chi connectivity index (χ0n) is 12.5. The molecule has 0 amide bonds. The zero-order valence-corrected chi connectivity index (χ0v) is 12.5. The second-order valence-electron chi connectivity index (χ2n) is 4.99. The maximum absolute atomic E-state index is 11.9. The van der Waals surface area contributed by atoms with Crippen molar-refractivity contribution in [1.82, 2.24) is 5.32 Å². The molecule has 0 rings (SSSR count). The topological polar surface area (TPSA) is 47.6 Å². The molecular weight excluding hydrogens is 230 g/mol. The second kappa shape index (κ2) is 9.34. The van der Waals surface area contributed by atoms with Crippen LogP contribution in [0.5, 0.6) is 0 Å². The van der Waals surface area contributed by atoms with Gasteiger partial charge in [0, 0.05) is 6.61 Å². The number of carbonyl (C=O) groups excluding carboxylic acids is 1. The number of hydrogen-bond donors (Lipinski definition) is 1. The van der Waals surface area contributed by atoms with Gasteiger partial charge in [0.15, 0.2) is 0 Å². The molecule has 2 unspecified atom stereocenters. The zero-order chi connectivity index (χ0) is 14.0. The summed E-state index contributed by atoms with van der Waals surface area (Å²) in [4.78, 5) is 11.9. The molecule has 1 N–H and O–H groups in total. The van der Waals surface area contributed by atoms with Gasteiger partial charge < -0.3 is 14.8 Å². The molecule has 0 saturated heterocycles. The Morgan fingerprint density at radius 2 is 2.00 bits per heavy atom. The summed E-state index contributed by atoms with van der Waals surface area (Å²) in [6.45, 7) is 12.1. The van der Waals surface area contributed by atoms with Crippen molar-refractivity contribution < 1.29 is 14.3 Å². The van der Waals surface area contributed by atoms with Crippen LogP contribution in [-0.4, -0.2) is 37.9 Å². The van der Waals surface area contributed by atoms with E-state index < -0.39 is 5.54 Å². The first kappa shape index (κ1) is 17.4. The number of hydrogen-bond acceptors (Lipinski definition) is 4. The third-order valence-corrected chi connectivity index (χ3v) is 2.87. The van der Waals surface area contributed by atoms with Gasteiger partial charge in [-0.2, -0.15) is 0 Å². The van der Waals surface area contributed by atoms with Gasteiger partial charge in [-0.05, 0) is 32.7 Å². The van der Waals surface area contributed by atoms with Gasteiger partial charge in [-0.1, -0.05) is 27.2 Å². The minimum atomic E-state index is -0.739. The van der Waals surface area contributed by atoms with Crippen LogP contribution in [0.3, 0.4) is 0 Å². The summed E-state index contributed by atoms with van der Waals surface area (Å²) in [5, 5.41) is 3.15. The molecule has 0 fully saturated rings. The van der Waals surface area contributed by atoms with Crippen molar-refractivity contribution in [2.45, 2.75) is 53.0 Å². The highest BCUT2D eigenvalue weighted by Crippen LogP contribution is 2.11. The largest absolute Gasteiger partial charge is 0.465 e. The van der Waals surface area contributed by atoms with E-state index in [4.69, 9.17) is 9.47 Å². The third-order valence-electron chi connectivity index (χ3n) is 2.87. The van der Waals surface area contributed by atoms with Crippen molar-refractivity contribution in [1.29, 1.82) is 0 Å². The molecular formula is C14H29NO3. The summed E-state index contributed by atoms with van der Waals surface area (Å²) in [6.07, 6.45) is 2.31. The van der Waals surface area contributed by atoms with E-state index in [1.54, 1.807) is 0 Å². The summed E-state index contributed by atoms with van der Waals surface area (Å²) in [7, 11) is 0. The predicted octanol–water partition coefficient (Wildman–Crippen LogP) is 2.37. The van der Waals surface area contributed by atoms with E-state index in [2.05, 4.69) is 19.2 Å². The first-order chi connectivity index (χ1) is 8.50. The number of rotatable bonds is 10. The molecule has 4 heteroatoms. The summed E-state index contributed by atoms with van der Waals surface area (Å²) < 4.78 is 10.8. The molecule has 4 nitrogen and oxygen atoms in total. The average Bonchev–Trinajstić information content (AvgIpc) is 2.30. The van der Waals surface area contributed by atoms with Crippen LogP contribution >= 0.6 is 0 Å². The minimum absolute atomic E-state index is 0.241. The summed E-state index contributed by atoms with van der Waals surface area (Å²) >= 11 is 0. The fourth-order valence-corrected chi connectivity index (χ4v) is 1.90. The van der Waals surface area contributed by atoms with Crippen LogP contribution in [0, 0.1) is 5.92 Å². The lowest BCUT2D eigenvalue weighted by atomic mass is 10.0. The summed E-state index contributed by atoms with van der Waals surface area (Å²) in [5.41, 5.74) is -0.739. The SMILES string of the molecule is CCCC(C)COCC(C)(NCC)C(=O)OCC. The van der Waals surface area contributed by atoms with E-state index in [0.29, 0.717) is 32.3 Å². The van der Waals surface area contributed by atoms with Crippen molar-refractivity contribution in [3.05, 3.63) is 0 Å². The minimum Gasteiger partial charge on any atom is -0.465 e. The normalized spacial score (nSPS) is 16.1. The molecule has 0 saturated carbocycles. The molecule has 0 aromatic carbocycles. The molecule has 0 radical (unpaired) electrons. The van der Waals surface area contributed by atoms with Gasteiger partial charge in [0.25, 0.3) is 0 Å². The van der Waals surface area contributed by atoms with Gasteiger partial charge >= 0.3 is 5.97 Å². The van der Waals surface area contributed by atoms with Crippen molar-refractivity contribution in [2.24, 2.45) is 5.92 Å². The van der Waals surface area contributed by atoms with Gasteiger partial charge in [0.05, 0.1) is 13.2 Å². The van der Waals surface area contributed by atoms with Crippen LogP contribution in [0.4, 0.5) is 0 Å². The smallest absolute Gasteiger partial charge is 0.328 e. The highest BCUT2D eigenvalue weighted by atomic mass is 16.5. The molecule has 0 aliphatic carbocycles. The van der Waals surface area contributed by atoms with Crippen LogP contribution in [-0.2, 0) is 14.3 Å². The third kappa shape index (κ3) is 6.36. The van der Waals surface area contributed by atoms with E-state index in [9.17, 15) is 4.79 Å². The average molecular weight is 259 g/mol. The standard InChI is InChI=1S/C14H29NO3/c1-6-9-12(4)10-17-11-14(5,15-7-2)13(16)18-8-3/h12,15H,6-11H2,1-5H3. The Kier molecular flexibility index (Phi) is 9.02. The van der Waals surface area contributed by atoms with E-state index in [1.165, 1.54) is 0 Å². The molecule has 0 aromatic rings. The monoisotopic (exact) mass is 259 g/mol. The Morgan fingerprint density at radius 3 is 2.50 bits per heavy atom. The molecule has 108 valence electrons. The second-order valence-corrected chi connectivity index (χ2v) is 4.99. The van der Waals surface area contributed by atoms with E-state index in [0.717, 1.165) is 12.8 Å². The van der Waals surface area contributed by atoms with Gasteiger partial charge in [0.2, 0.25) is 0 Å². The summed E-state index contributed by atoms with van der Waals surface area (Å²) in [5.74, 6) is 0.290. The van der Waals surface area contributed by atoms with Crippen LogP contribution in [0.15, 0.2) is 0 Å². The van der Waals surface area contributed by atoms with E-state index in [-0.39, 0.29) is 5.97 Å². The summed E-state index contributed by atoms with van der Waals surface area (Å²) in [6, 6.07) is 0. The van der Waals surface area contributed by atoms with Gasteiger partial charge in [-0.15, -0.1) is 0 Å². The molecule has 0 aliphatic heterocycles. The lowest BCUT2D eigenvalue weighted by molar-refractivity contribution is -0.153. The highest BCUT2D eigenvalue weighted by Gasteiger charge is 2.34. The molecule has 2 atom stereocenters. The number of ether oxygens (including phenoxy) is 2. The molecule has 0 heterocycles. The van der Waals surface area contributed by atoms with Crippen molar-refractivity contribution in [3.8, 4) is 0 Å². The van der Waals surface area contributed by atoms with Crippen molar-refractivity contribution in [2.75, 3.05) is 26.4 Å². The Hall–Kier alpha value is -0.610. The lowest BCUT2D eigenvalue weighted by Crippen LogP contribution is -2.54. The number of nitrogens with one attached hydrogen (secondary N) is 1. The van der Waals surface area contributed by atoms with Gasteiger partial charge in [0.1, 0.15) is 5.54 Å². The number of carbonyl (C=O) groups is 1. The highest BCUT2D eigenvalue weighted by molar-refractivity contribution is 5.80. The van der Waals surface area contributed by atoms with Crippen molar-refractivity contribution in [3.63, 3.8) is 0 Å². The van der Waals surface area contributed by atoms with E-state index in [1.807, 2.05) is 20.8 Å². The maximum Gasteiger partial charge on any atom is 0.328 e. The van der Waals surface area contributed by atoms with Crippen LogP contribution in [0.1, 0.15) is 47.5 Å². The number of esters is 1. The van der Waals surface area contributed by atoms with Crippen molar-refractivity contribution >= 4 is 5.97 Å². The molecule has 0 spiro atoms. The van der Waals surface area contributed by atoms with Crippen LogP contribution < -0.4 is 5.32 Å². The first-order valence-electron chi connectivity index (χ1n) is 7.00. The van der Waals surface area contributed by atoms with Crippen LogP contribution in [0.2, 0.25) is 0 Å². The maximum atomic E-state index is 11.9. The Labute approximate surface area is 111 Å². The van der Waals surface area contributed by atoms with E-state index >= 15 is 0 Å². The number of likely N-dealkylation sites (N-methyl/N-ethyl adjacent to an activating group) is 1.